The van der Waals surface area contributed by atoms with Gasteiger partial charge in [0.05, 0.1) is 5.88 Å². The molecule has 2 amide bonds. The third-order valence-electron chi connectivity index (χ3n) is 3.81. The number of thioether (sulfide) groups is 2. The van der Waals surface area contributed by atoms with Gasteiger partial charge < -0.3 is 9.80 Å². The van der Waals surface area contributed by atoms with E-state index >= 15 is 0 Å². The highest BCUT2D eigenvalue weighted by atomic mass is 32.2. The SMILES string of the molecule is CC/C=C(\C)C(=O)N1CSC[C@H]1C(=O)N1CCCSCC1. The molecule has 2 rings (SSSR count). The minimum atomic E-state index is -0.272. The molecule has 21 heavy (non-hydrogen) atoms. The van der Waals surface area contributed by atoms with E-state index < -0.39 is 0 Å². The van der Waals surface area contributed by atoms with Crippen molar-refractivity contribution < 1.29 is 9.59 Å². The highest BCUT2D eigenvalue weighted by molar-refractivity contribution is 7.99. The first kappa shape index (κ1) is 16.7. The van der Waals surface area contributed by atoms with Gasteiger partial charge in [0.2, 0.25) is 5.91 Å². The fourth-order valence-electron chi connectivity index (χ4n) is 2.64. The van der Waals surface area contributed by atoms with Gasteiger partial charge in [0.25, 0.3) is 5.91 Å². The molecule has 0 N–H and O–H groups in total. The maximum absolute atomic E-state index is 12.7. The predicted octanol–water partition coefficient (Wildman–Crippen LogP) is 2.21. The summed E-state index contributed by atoms with van der Waals surface area (Å²) in [6, 6.07) is -0.272. The number of amides is 2. The quantitative estimate of drug-likeness (QED) is 0.745. The molecule has 0 saturated carbocycles. The van der Waals surface area contributed by atoms with Crippen molar-refractivity contribution in [2.24, 2.45) is 0 Å². The molecule has 1 atom stereocenters. The maximum atomic E-state index is 12.7. The Bertz CT molecular complexity index is 418. The fourth-order valence-corrected chi connectivity index (χ4v) is 4.68. The smallest absolute Gasteiger partial charge is 0.250 e. The van der Waals surface area contributed by atoms with E-state index in [9.17, 15) is 9.59 Å². The van der Waals surface area contributed by atoms with Crippen LogP contribution in [0.1, 0.15) is 26.7 Å². The molecule has 2 fully saturated rings. The topological polar surface area (TPSA) is 40.6 Å². The first-order valence-electron chi connectivity index (χ1n) is 7.57. The molecule has 0 aliphatic carbocycles. The van der Waals surface area contributed by atoms with Gasteiger partial charge in [-0.2, -0.15) is 11.8 Å². The Balaban J connectivity index is 2.05. The first-order chi connectivity index (χ1) is 10.1. The first-order valence-corrected chi connectivity index (χ1v) is 9.88. The van der Waals surface area contributed by atoms with E-state index in [2.05, 4.69) is 0 Å². The average Bonchev–Trinajstić information content (AvgIpc) is 2.80. The van der Waals surface area contributed by atoms with Crippen LogP contribution in [0.25, 0.3) is 0 Å². The average molecular weight is 329 g/mol. The molecule has 2 saturated heterocycles. The predicted molar refractivity (Wildman–Crippen MR) is 90.5 cm³/mol. The summed E-state index contributed by atoms with van der Waals surface area (Å²) in [5.41, 5.74) is 0.754. The van der Waals surface area contributed by atoms with E-state index in [-0.39, 0.29) is 17.9 Å². The number of allylic oxidation sites excluding steroid dienone is 1. The van der Waals surface area contributed by atoms with Crippen molar-refractivity contribution in [1.29, 1.82) is 0 Å². The van der Waals surface area contributed by atoms with Crippen molar-refractivity contribution >= 4 is 35.3 Å². The zero-order valence-electron chi connectivity index (χ0n) is 12.8. The third-order valence-corrected chi connectivity index (χ3v) is 5.87. The Morgan fingerprint density at radius 3 is 2.81 bits per heavy atom. The van der Waals surface area contributed by atoms with Crippen LogP contribution in [-0.2, 0) is 9.59 Å². The van der Waals surface area contributed by atoms with Crippen molar-refractivity contribution in [3.05, 3.63) is 11.6 Å². The Morgan fingerprint density at radius 1 is 1.24 bits per heavy atom. The summed E-state index contributed by atoms with van der Waals surface area (Å²) in [6.45, 7) is 5.52. The zero-order chi connectivity index (χ0) is 15.2. The third kappa shape index (κ3) is 4.19. The van der Waals surface area contributed by atoms with E-state index in [1.165, 1.54) is 0 Å². The Hall–Kier alpha value is -0.620. The standard InChI is InChI=1S/C15H24N2O2S2/c1-3-5-12(2)14(18)17-11-21-10-13(17)15(19)16-6-4-8-20-9-7-16/h5,13H,3-4,6-11H2,1-2H3/b12-5+/t13-/m0/s1. The lowest BCUT2D eigenvalue weighted by atomic mass is 10.1. The molecular weight excluding hydrogens is 304 g/mol. The van der Waals surface area contributed by atoms with Gasteiger partial charge in [-0.05, 0) is 25.5 Å². The van der Waals surface area contributed by atoms with Crippen LogP contribution in [0.5, 0.6) is 0 Å². The monoisotopic (exact) mass is 328 g/mol. The van der Waals surface area contributed by atoms with Crippen LogP contribution >= 0.6 is 23.5 Å². The van der Waals surface area contributed by atoms with Gasteiger partial charge in [0.1, 0.15) is 6.04 Å². The Labute approximate surface area is 135 Å². The van der Waals surface area contributed by atoms with Crippen molar-refractivity contribution in [3.8, 4) is 0 Å². The van der Waals surface area contributed by atoms with E-state index in [4.69, 9.17) is 0 Å². The molecule has 6 heteroatoms. The lowest BCUT2D eigenvalue weighted by molar-refractivity contribution is -0.141. The lowest BCUT2D eigenvalue weighted by Crippen LogP contribution is -2.49. The van der Waals surface area contributed by atoms with Crippen LogP contribution in [0.15, 0.2) is 11.6 Å². The summed E-state index contributed by atoms with van der Waals surface area (Å²) < 4.78 is 0. The van der Waals surface area contributed by atoms with Gasteiger partial charge in [-0.3, -0.25) is 9.59 Å². The van der Waals surface area contributed by atoms with Gasteiger partial charge in [-0.15, -0.1) is 11.8 Å². The molecule has 0 bridgehead atoms. The molecular formula is C15H24N2O2S2. The van der Waals surface area contributed by atoms with E-state index in [0.29, 0.717) is 5.88 Å². The largest absolute Gasteiger partial charge is 0.340 e. The van der Waals surface area contributed by atoms with E-state index in [1.54, 1.807) is 16.7 Å². The number of hydrogen-bond acceptors (Lipinski definition) is 4. The summed E-state index contributed by atoms with van der Waals surface area (Å²) in [7, 11) is 0. The molecule has 0 aromatic heterocycles. The minimum absolute atomic E-state index is 0.0180. The Kier molecular flexibility index (Phi) is 6.48. The molecule has 2 heterocycles. The lowest BCUT2D eigenvalue weighted by Gasteiger charge is -2.29. The van der Waals surface area contributed by atoms with Crippen molar-refractivity contribution in [3.63, 3.8) is 0 Å². The molecule has 2 aliphatic rings. The molecule has 2 aliphatic heterocycles. The molecule has 0 unspecified atom stereocenters. The second-order valence-corrected chi connectivity index (χ2v) is 7.60. The summed E-state index contributed by atoms with van der Waals surface area (Å²) in [6.07, 6.45) is 3.84. The van der Waals surface area contributed by atoms with Crippen molar-refractivity contribution in [2.45, 2.75) is 32.7 Å². The molecule has 4 nitrogen and oxygen atoms in total. The minimum Gasteiger partial charge on any atom is -0.340 e. The molecule has 118 valence electrons. The van der Waals surface area contributed by atoms with Crippen molar-refractivity contribution in [2.75, 3.05) is 36.2 Å². The van der Waals surface area contributed by atoms with Crippen LogP contribution in [0.4, 0.5) is 0 Å². The maximum Gasteiger partial charge on any atom is 0.250 e. The number of hydrogen-bond donors (Lipinski definition) is 0. The normalized spacial score (nSPS) is 24.1. The van der Waals surface area contributed by atoms with E-state index in [0.717, 1.165) is 48.8 Å². The highest BCUT2D eigenvalue weighted by Gasteiger charge is 2.37. The molecule has 0 radical (unpaired) electrons. The summed E-state index contributed by atoms with van der Waals surface area (Å²) >= 11 is 3.59. The number of carbonyl (C=O) groups excluding carboxylic acids is 2. The molecule has 0 spiro atoms. The van der Waals surface area contributed by atoms with Gasteiger partial charge in [0, 0.05) is 30.2 Å². The molecule has 0 aromatic rings. The number of carbonyl (C=O) groups is 2. The van der Waals surface area contributed by atoms with Crippen LogP contribution < -0.4 is 0 Å². The van der Waals surface area contributed by atoms with Gasteiger partial charge in [-0.25, -0.2) is 0 Å². The van der Waals surface area contributed by atoms with Gasteiger partial charge >= 0.3 is 0 Å². The number of nitrogens with zero attached hydrogens (tertiary/aromatic N) is 2. The summed E-state index contributed by atoms with van der Waals surface area (Å²) in [4.78, 5) is 28.9. The van der Waals surface area contributed by atoms with Crippen LogP contribution in [0.2, 0.25) is 0 Å². The Morgan fingerprint density at radius 2 is 2.05 bits per heavy atom. The molecule has 0 aromatic carbocycles. The van der Waals surface area contributed by atoms with Crippen molar-refractivity contribution in [1.82, 2.24) is 9.80 Å². The second kappa shape index (κ2) is 8.13. The van der Waals surface area contributed by atoms with Crippen LogP contribution in [0, 0.1) is 0 Å². The van der Waals surface area contributed by atoms with Gasteiger partial charge in [-0.1, -0.05) is 13.0 Å². The second-order valence-electron chi connectivity index (χ2n) is 5.38. The van der Waals surface area contributed by atoms with E-state index in [1.807, 2.05) is 36.6 Å². The van der Waals surface area contributed by atoms with Crippen LogP contribution in [-0.4, -0.2) is 63.9 Å². The summed E-state index contributed by atoms with van der Waals surface area (Å²) in [5.74, 6) is 3.66. The number of rotatable bonds is 3. The van der Waals surface area contributed by atoms with Gasteiger partial charge in [0.15, 0.2) is 0 Å². The van der Waals surface area contributed by atoms with Crippen LogP contribution in [0.3, 0.4) is 0 Å². The highest BCUT2D eigenvalue weighted by Crippen LogP contribution is 2.25. The summed E-state index contributed by atoms with van der Waals surface area (Å²) in [5, 5.41) is 0. The zero-order valence-corrected chi connectivity index (χ0v) is 14.5. The fraction of sp³-hybridized carbons (Fsp3) is 0.733.